The van der Waals surface area contributed by atoms with E-state index in [1.54, 1.807) is 79.3 Å². The molecule has 248 valence electrons. The second kappa shape index (κ2) is 15.6. The van der Waals surface area contributed by atoms with Crippen LogP contribution in [0.1, 0.15) is 0 Å². The first-order chi connectivity index (χ1) is 23.4. The molecule has 3 aromatic carbocycles. The summed E-state index contributed by atoms with van der Waals surface area (Å²) in [5.74, 6) is 5.10. The Hall–Kier alpha value is -5.95. The summed E-state index contributed by atoms with van der Waals surface area (Å²) in [6, 6.07) is 20.9. The number of nitrogens with one attached hydrogen (secondary N) is 2. The SMILES string of the molecule is COc1cc(Nc2ccnc(-n3ccc4ccccc43)n2)cc(OC)c1OC.COc1cc(Nc2ccnc(Cl)n2)cc(OC)c1OC. The van der Waals surface area contributed by atoms with Gasteiger partial charge in [0.1, 0.15) is 11.6 Å². The summed E-state index contributed by atoms with van der Waals surface area (Å²) in [5, 5.41) is 7.67. The summed E-state index contributed by atoms with van der Waals surface area (Å²) in [5.41, 5.74) is 2.54. The molecule has 0 radical (unpaired) electrons. The molecule has 3 heterocycles. The van der Waals surface area contributed by atoms with Gasteiger partial charge in [-0.3, -0.25) is 4.57 Å². The average molecular weight is 672 g/mol. The lowest BCUT2D eigenvalue weighted by Gasteiger charge is -2.15. The van der Waals surface area contributed by atoms with Crippen molar-refractivity contribution in [3.8, 4) is 40.4 Å². The van der Waals surface area contributed by atoms with E-state index in [-0.39, 0.29) is 5.28 Å². The Morgan fingerprint density at radius 1 is 0.583 bits per heavy atom. The van der Waals surface area contributed by atoms with E-state index in [9.17, 15) is 0 Å². The third kappa shape index (κ3) is 7.53. The van der Waals surface area contributed by atoms with Crippen molar-refractivity contribution >= 4 is 45.5 Å². The van der Waals surface area contributed by atoms with Gasteiger partial charge in [0.15, 0.2) is 23.0 Å². The van der Waals surface area contributed by atoms with Gasteiger partial charge in [-0.15, -0.1) is 0 Å². The molecular weight excluding hydrogens is 638 g/mol. The molecule has 0 saturated carbocycles. The maximum absolute atomic E-state index is 5.74. The predicted octanol–water partition coefficient (Wildman–Crippen LogP) is 7.09. The third-order valence-electron chi connectivity index (χ3n) is 6.96. The summed E-state index contributed by atoms with van der Waals surface area (Å²) in [4.78, 5) is 16.9. The molecule has 14 heteroatoms. The van der Waals surface area contributed by atoms with Crippen LogP contribution in [0, 0.1) is 0 Å². The zero-order chi connectivity index (χ0) is 34.0. The van der Waals surface area contributed by atoms with E-state index >= 15 is 0 Å². The van der Waals surface area contributed by atoms with Gasteiger partial charge in [0.25, 0.3) is 0 Å². The van der Waals surface area contributed by atoms with E-state index in [4.69, 9.17) is 40.0 Å². The van der Waals surface area contributed by atoms with Gasteiger partial charge in [-0.25, -0.2) is 15.0 Å². The lowest BCUT2D eigenvalue weighted by Crippen LogP contribution is -2.03. The summed E-state index contributed by atoms with van der Waals surface area (Å²) < 4.78 is 33.9. The molecule has 0 saturated heterocycles. The quantitative estimate of drug-likeness (QED) is 0.136. The molecule has 0 aliphatic heterocycles. The Morgan fingerprint density at radius 2 is 1.08 bits per heavy atom. The van der Waals surface area contributed by atoms with Gasteiger partial charge < -0.3 is 39.1 Å². The van der Waals surface area contributed by atoms with Crippen molar-refractivity contribution in [1.29, 1.82) is 0 Å². The van der Waals surface area contributed by atoms with Crippen molar-refractivity contribution in [1.82, 2.24) is 24.5 Å². The molecule has 0 atom stereocenters. The molecule has 48 heavy (non-hydrogen) atoms. The van der Waals surface area contributed by atoms with Gasteiger partial charge in [-0.1, -0.05) is 18.2 Å². The van der Waals surface area contributed by atoms with Gasteiger partial charge >= 0.3 is 0 Å². The van der Waals surface area contributed by atoms with Crippen LogP contribution in [0.4, 0.5) is 23.0 Å². The first kappa shape index (κ1) is 33.4. The predicted molar refractivity (Wildman–Crippen MR) is 185 cm³/mol. The second-order valence-corrected chi connectivity index (χ2v) is 10.1. The fraction of sp³-hybridized carbons (Fsp3) is 0.176. The zero-order valence-electron chi connectivity index (χ0n) is 27.1. The number of anilines is 4. The maximum Gasteiger partial charge on any atom is 0.236 e. The first-order valence-electron chi connectivity index (χ1n) is 14.4. The van der Waals surface area contributed by atoms with Gasteiger partial charge in [0.05, 0.1) is 48.2 Å². The molecule has 6 rings (SSSR count). The monoisotopic (exact) mass is 671 g/mol. The number of ether oxygens (including phenoxy) is 6. The lowest BCUT2D eigenvalue weighted by molar-refractivity contribution is 0.324. The lowest BCUT2D eigenvalue weighted by atomic mass is 10.2. The Bertz CT molecular complexity index is 1950. The van der Waals surface area contributed by atoms with Crippen LogP contribution in [0.25, 0.3) is 16.9 Å². The smallest absolute Gasteiger partial charge is 0.236 e. The minimum absolute atomic E-state index is 0.169. The van der Waals surface area contributed by atoms with Crippen LogP contribution in [-0.2, 0) is 0 Å². The second-order valence-electron chi connectivity index (χ2n) is 9.78. The normalized spacial score (nSPS) is 10.4. The van der Waals surface area contributed by atoms with E-state index in [1.165, 1.54) is 0 Å². The minimum atomic E-state index is 0.169. The molecular formula is C34H34ClN7O6. The van der Waals surface area contributed by atoms with E-state index in [0.29, 0.717) is 52.1 Å². The van der Waals surface area contributed by atoms with Crippen molar-refractivity contribution in [2.75, 3.05) is 53.3 Å². The largest absolute Gasteiger partial charge is 0.493 e. The van der Waals surface area contributed by atoms with Crippen molar-refractivity contribution in [2.24, 2.45) is 0 Å². The van der Waals surface area contributed by atoms with Crippen molar-refractivity contribution in [3.05, 3.63) is 90.6 Å². The molecule has 0 aliphatic carbocycles. The summed E-state index contributed by atoms with van der Waals surface area (Å²) in [6.07, 6.45) is 5.25. The number of rotatable bonds is 11. The van der Waals surface area contributed by atoms with Crippen LogP contribution in [-0.4, -0.2) is 67.2 Å². The van der Waals surface area contributed by atoms with Crippen molar-refractivity contribution in [3.63, 3.8) is 0 Å². The Kier molecular flexibility index (Phi) is 10.8. The number of aromatic nitrogens is 5. The Balaban J connectivity index is 0.000000199. The van der Waals surface area contributed by atoms with Gasteiger partial charge in [-0.2, -0.15) is 4.98 Å². The van der Waals surface area contributed by atoms with Crippen LogP contribution < -0.4 is 39.1 Å². The maximum atomic E-state index is 5.74. The number of nitrogens with zero attached hydrogens (tertiary/aromatic N) is 5. The Labute approximate surface area is 282 Å². The number of halogens is 1. The number of hydrogen-bond donors (Lipinski definition) is 2. The van der Waals surface area contributed by atoms with Crippen molar-refractivity contribution < 1.29 is 28.4 Å². The average Bonchev–Trinajstić information content (AvgIpc) is 3.55. The highest BCUT2D eigenvalue weighted by atomic mass is 35.5. The van der Waals surface area contributed by atoms with Gasteiger partial charge in [0.2, 0.25) is 22.7 Å². The highest BCUT2D eigenvalue weighted by Crippen LogP contribution is 2.41. The van der Waals surface area contributed by atoms with E-state index in [0.717, 1.165) is 22.3 Å². The van der Waals surface area contributed by atoms with Crippen LogP contribution >= 0.6 is 11.6 Å². The molecule has 6 aromatic rings. The molecule has 0 unspecified atom stereocenters. The zero-order valence-corrected chi connectivity index (χ0v) is 27.9. The topological polar surface area (TPSA) is 136 Å². The van der Waals surface area contributed by atoms with Crippen LogP contribution in [0.5, 0.6) is 34.5 Å². The molecule has 13 nitrogen and oxygen atoms in total. The fourth-order valence-electron chi connectivity index (χ4n) is 4.80. The number of benzene rings is 3. The van der Waals surface area contributed by atoms with Crippen molar-refractivity contribution in [2.45, 2.75) is 0 Å². The van der Waals surface area contributed by atoms with Gasteiger partial charge in [-0.05, 0) is 35.9 Å². The minimum Gasteiger partial charge on any atom is -0.493 e. The third-order valence-corrected chi connectivity index (χ3v) is 7.14. The molecule has 0 fully saturated rings. The van der Waals surface area contributed by atoms with E-state index in [1.807, 2.05) is 47.2 Å². The summed E-state index contributed by atoms with van der Waals surface area (Å²) in [6.45, 7) is 0. The summed E-state index contributed by atoms with van der Waals surface area (Å²) in [7, 11) is 9.41. The standard InChI is InChI=1S/C21H20N4O3.C13H14ClN3O3/c1-26-17-12-15(13-18(27-2)20(17)28-3)23-19-8-10-22-21(24-19)25-11-9-14-6-4-5-7-16(14)25;1-18-9-6-8(7-10(19-2)12(9)20-3)16-11-4-5-15-13(14)17-11/h4-13H,1-3H3,(H,22,23,24);4-7H,1-3H3,(H,15,16,17). The molecule has 0 amide bonds. The molecule has 0 aliphatic rings. The molecule has 0 spiro atoms. The molecule has 2 N–H and O–H groups in total. The van der Waals surface area contributed by atoms with E-state index in [2.05, 4.69) is 36.6 Å². The number of hydrogen-bond acceptors (Lipinski definition) is 12. The first-order valence-corrected chi connectivity index (χ1v) is 14.8. The van der Waals surface area contributed by atoms with E-state index < -0.39 is 0 Å². The Morgan fingerprint density at radius 3 is 1.58 bits per heavy atom. The van der Waals surface area contributed by atoms with Crippen LogP contribution in [0.3, 0.4) is 0 Å². The summed E-state index contributed by atoms with van der Waals surface area (Å²) >= 11 is 5.74. The number of fused-ring (bicyclic) bond motifs is 1. The molecule has 0 bridgehead atoms. The molecule has 3 aromatic heterocycles. The number of para-hydroxylation sites is 1. The van der Waals surface area contributed by atoms with Gasteiger partial charge in [0, 0.05) is 59.6 Å². The fourth-order valence-corrected chi connectivity index (χ4v) is 4.95. The number of methoxy groups -OCH3 is 6. The highest BCUT2D eigenvalue weighted by Gasteiger charge is 2.15. The highest BCUT2D eigenvalue weighted by molar-refractivity contribution is 6.28. The van der Waals surface area contributed by atoms with Crippen LogP contribution in [0.15, 0.2) is 85.3 Å². The van der Waals surface area contributed by atoms with Crippen LogP contribution in [0.2, 0.25) is 5.28 Å².